The van der Waals surface area contributed by atoms with Gasteiger partial charge in [-0.15, -0.1) is 0 Å². The van der Waals surface area contributed by atoms with E-state index >= 15 is 0 Å². The summed E-state index contributed by atoms with van der Waals surface area (Å²) in [7, 11) is 3.41. The van der Waals surface area contributed by atoms with Gasteiger partial charge < -0.3 is 9.47 Å². The van der Waals surface area contributed by atoms with E-state index in [1.54, 1.807) is 14.2 Å². The highest BCUT2D eigenvalue weighted by atomic mass is 79.9. The zero-order chi connectivity index (χ0) is 15.2. The number of ether oxygens (including phenoxy) is 2. The van der Waals surface area contributed by atoms with Crippen molar-refractivity contribution in [1.82, 2.24) is 14.3 Å². The Morgan fingerprint density at radius 1 is 1.24 bits per heavy atom. The quantitative estimate of drug-likeness (QED) is 0.710. The van der Waals surface area contributed by atoms with E-state index < -0.39 is 0 Å². The first-order chi connectivity index (χ1) is 10.2. The summed E-state index contributed by atoms with van der Waals surface area (Å²) >= 11 is 9.63. The van der Waals surface area contributed by atoms with Crippen molar-refractivity contribution in [2.24, 2.45) is 0 Å². The van der Waals surface area contributed by atoms with Crippen LogP contribution in [0, 0.1) is 0 Å². The van der Waals surface area contributed by atoms with E-state index in [0.717, 1.165) is 35.6 Å². The average Bonchev–Trinajstić information content (AvgIpc) is 2.78. The highest BCUT2D eigenvalue weighted by Gasteiger charge is 2.14. The van der Waals surface area contributed by atoms with Crippen molar-refractivity contribution in [3.8, 4) is 0 Å². The average molecular weight is 377 g/mol. The molecular weight excluding hydrogens is 358 g/mol. The maximum Gasteiger partial charge on any atom is 0.138 e. The summed E-state index contributed by atoms with van der Waals surface area (Å²) in [6.45, 7) is 3.76. The molecule has 0 aliphatic rings. The smallest absolute Gasteiger partial charge is 0.138 e. The van der Waals surface area contributed by atoms with E-state index in [1.807, 2.05) is 22.7 Å². The number of aromatic nitrogens is 2. The fourth-order valence-corrected chi connectivity index (χ4v) is 2.72. The molecule has 0 fully saturated rings. The molecule has 0 atom stereocenters. The van der Waals surface area contributed by atoms with Crippen molar-refractivity contribution in [3.63, 3.8) is 0 Å². The molecule has 5 nitrogen and oxygen atoms in total. The number of methoxy groups -OCH3 is 2. The molecule has 0 aliphatic heterocycles. The summed E-state index contributed by atoms with van der Waals surface area (Å²) in [6, 6.07) is 3.75. The van der Waals surface area contributed by atoms with Gasteiger partial charge in [0.2, 0.25) is 0 Å². The molecule has 0 amide bonds. The van der Waals surface area contributed by atoms with Crippen LogP contribution >= 0.6 is 27.5 Å². The van der Waals surface area contributed by atoms with Gasteiger partial charge in [-0.1, -0.05) is 11.6 Å². The SMILES string of the molecule is COCCN(CCOC)Cc1nc2ccc(Cl)cn2c1Br. The lowest BCUT2D eigenvalue weighted by Gasteiger charge is -2.20. The Morgan fingerprint density at radius 2 is 1.90 bits per heavy atom. The molecule has 0 N–H and O–H groups in total. The zero-order valence-electron chi connectivity index (χ0n) is 12.2. The lowest BCUT2D eigenvalue weighted by Crippen LogP contribution is -2.30. The van der Waals surface area contributed by atoms with Crippen LogP contribution in [0.25, 0.3) is 5.65 Å². The fourth-order valence-electron chi connectivity index (χ4n) is 2.06. The molecule has 0 radical (unpaired) electrons. The molecule has 0 saturated carbocycles. The summed E-state index contributed by atoms with van der Waals surface area (Å²) in [5.41, 5.74) is 1.85. The third kappa shape index (κ3) is 4.40. The zero-order valence-corrected chi connectivity index (χ0v) is 14.5. The van der Waals surface area contributed by atoms with E-state index in [2.05, 4.69) is 25.8 Å². The Labute approximate surface area is 137 Å². The van der Waals surface area contributed by atoms with Gasteiger partial charge in [-0.25, -0.2) is 4.98 Å². The second kappa shape index (κ2) is 8.10. The van der Waals surface area contributed by atoms with E-state index in [0.29, 0.717) is 18.2 Å². The first-order valence-corrected chi connectivity index (χ1v) is 7.85. The van der Waals surface area contributed by atoms with Crippen LogP contribution in [0.2, 0.25) is 5.02 Å². The summed E-state index contributed by atoms with van der Waals surface area (Å²) < 4.78 is 13.2. The Kier molecular flexibility index (Phi) is 6.44. The third-order valence-corrected chi connectivity index (χ3v) is 4.25. The highest BCUT2D eigenvalue weighted by Crippen LogP contribution is 2.22. The lowest BCUT2D eigenvalue weighted by molar-refractivity contribution is 0.109. The van der Waals surface area contributed by atoms with Crippen LogP contribution in [0.5, 0.6) is 0 Å². The number of imidazole rings is 1. The van der Waals surface area contributed by atoms with Crippen LogP contribution < -0.4 is 0 Å². The van der Waals surface area contributed by atoms with Crippen molar-refractivity contribution in [2.75, 3.05) is 40.5 Å². The maximum atomic E-state index is 6.03. The Hall–Kier alpha value is -0.660. The Balaban J connectivity index is 2.17. The van der Waals surface area contributed by atoms with Crippen molar-refractivity contribution in [3.05, 3.63) is 33.6 Å². The van der Waals surface area contributed by atoms with E-state index in [4.69, 9.17) is 21.1 Å². The van der Waals surface area contributed by atoms with Gasteiger partial charge in [-0.3, -0.25) is 9.30 Å². The van der Waals surface area contributed by atoms with Crippen molar-refractivity contribution in [2.45, 2.75) is 6.54 Å². The molecule has 7 heteroatoms. The third-order valence-electron chi connectivity index (χ3n) is 3.19. The molecule has 21 heavy (non-hydrogen) atoms. The number of fused-ring (bicyclic) bond motifs is 1. The van der Waals surface area contributed by atoms with Crippen LogP contribution in [0.3, 0.4) is 0 Å². The second-order valence-corrected chi connectivity index (χ2v) is 5.87. The van der Waals surface area contributed by atoms with Crippen molar-refractivity contribution in [1.29, 1.82) is 0 Å². The van der Waals surface area contributed by atoms with Crippen LogP contribution in [0.4, 0.5) is 0 Å². The first kappa shape index (κ1) is 16.7. The van der Waals surface area contributed by atoms with E-state index in [-0.39, 0.29) is 0 Å². The van der Waals surface area contributed by atoms with Gasteiger partial charge in [-0.05, 0) is 28.1 Å². The predicted molar refractivity (Wildman–Crippen MR) is 86.9 cm³/mol. The number of halogens is 2. The molecule has 0 spiro atoms. The molecule has 2 rings (SSSR count). The number of hydrogen-bond donors (Lipinski definition) is 0. The molecule has 0 unspecified atom stereocenters. The van der Waals surface area contributed by atoms with Gasteiger partial charge in [0.15, 0.2) is 0 Å². The Morgan fingerprint density at radius 3 is 2.52 bits per heavy atom. The number of hydrogen-bond acceptors (Lipinski definition) is 4. The second-order valence-electron chi connectivity index (χ2n) is 4.69. The largest absolute Gasteiger partial charge is 0.383 e. The maximum absolute atomic E-state index is 6.03. The standard InChI is InChI=1S/C14H19BrClN3O2/c1-20-7-5-18(6-8-21-2)10-12-14(15)19-9-11(16)3-4-13(19)17-12/h3-4,9H,5-8,10H2,1-2H3. The lowest BCUT2D eigenvalue weighted by atomic mass is 10.4. The van der Waals surface area contributed by atoms with Crippen molar-refractivity contribution < 1.29 is 9.47 Å². The monoisotopic (exact) mass is 375 g/mol. The molecule has 0 aliphatic carbocycles. The summed E-state index contributed by atoms with van der Waals surface area (Å²) in [5, 5.41) is 0.683. The topological polar surface area (TPSA) is 39.0 Å². The molecule has 2 heterocycles. The minimum Gasteiger partial charge on any atom is -0.383 e. The molecule has 116 valence electrons. The molecule has 0 aromatic carbocycles. The van der Waals surface area contributed by atoms with Gasteiger partial charge in [0.05, 0.1) is 23.9 Å². The minimum atomic E-state index is 0.681. The Bertz CT molecular complexity index is 583. The number of rotatable bonds is 8. The molecular formula is C14H19BrClN3O2. The first-order valence-electron chi connectivity index (χ1n) is 6.68. The summed E-state index contributed by atoms with van der Waals surface area (Å²) in [6.07, 6.45) is 1.85. The minimum absolute atomic E-state index is 0.681. The van der Waals surface area contributed by atoms with Gasteiger partial charge in [0.25, 0.3) is 0 Å². The number of nitrogens with zero attached hydrogens (tertiary/aromatic N) is 3. The van der Waals surface area contributed by atoms with Crippen LogP contribution in [-0.4, -0.2) is 54.8 Å². The van der Waals surface area contributed by atoms with Gasteiger partial charge >= 0.3 is 0 Å². The number of pyridine rings is 1. The fraction of sp³-hybridized carbons (Fsp3) is 0.500. The van der Waals surface area contributed by atoms with Gasteiger partial charge in [-0.2, -0.15) is 0 Å². The molecule has 2 aromatic rings. The summed E-state index contributed by atoms with van der Waals surface area (Å²) in [5.74, 6) is 0. The van der Waals surface area contributed by atoms with Crippen molar-refractivity contribution >= 4 is 33.2 Å². The summed E-state index contributed by atoms with van der Waals surface area (Å²) in [4.78, 5) is 6.89. The van der Waals surface area contributed by atoms with Crippen LogP contribution in [0.15, 0.2) is 22.9 Å². The van der Waals surface area contributed by atoms with Crippen LogP contribution in [-0.2, 0) is 16.0 Å². The van der Waals surface area contributed by atoms with E-state index in [1.165, 1.54) is 0 Å². The van der Waals surface area contributed by atoms with Gasteiger partial charge in [0.1, 0.15) is 10.3 Å². The highest BCUT2D eigenvalue weighted by molar-refractivity contribution is 9.10. The van der Waals surface area contributed by atoms with Gasteiger partial charge in [0, 0.05) is 40.1 Å². The molecule has 0 saturated heterocycles. The normalized spacial score (nSPS) is 11.7. The molecule has 2 aromatic heterocycles. The predicted octanol–water partition coefficient (Wildman–Crippen LogP) is 2.85. The van der Waals surface area contributed by atoms with Crippen LogP contribution in [0.1, 0.15) is 5.69 Å². The van der Waals surface area contributed by atoms with E-state index in [9.17, 15) is 0 Å². The molecule has 0 bridgehead atoms.